The van der Waals surface area contributed by atoms with E-state index in [0.29, 0.717) is 6.42 Å². The number of carbonyl (C=O) groups excluding carboxylic acids is 2. The minimum atomic E-state index is -6.21. The zero-order chi connectivity index (χ0) is 21.3. The molecule has 1 aromatic rings. The summed E-state index contributed by atoms with van der Waals surface area (Å²) >= 11 is 0. The maximum atomic E-state index is 14.3. The van der Waals surface area contributed by atoms with Crippen molar-refractivity contribution in [3.8, 4) is 0 Å². The van der Waals surface area contributed by atoms with E-state index in [1.54, 1.807) is 6.92 Å². The number of hydrogen-bond acceptors (Lipinski definition) is 2. The topological polar surface area (TPSA) is 34.1 Å². The van der Waals surface area contributed by atoms with Crippen molar-refractivity contribution < 1.29 is 40.3 Å². The van der Waals surface area contributed by atoms with Gasteiger partial charge in [0.1, 0.15) is 0 Å². The maximum absolute atomic E-state index is 14.3. The Hall–Kier alpha value is -2.19. The normalized spacial score (nSPS) is 16.6. The van der Waals surface area contributed by atoms with Crippen molar-refractivity contribution in [3.05, 3.63) is 47.0 Å². The van der Waals surface area contributed by atoms with E-state index in [9.17, 15) is 40.3 Å². The fraction of sp³-hybridized carbons (Fsp3) is 0.474. The molecule has 0 bridgehead atoms. The molecule has 1 atom stereocenters. The Morgan fingerprint density at radius 3 is 1.93 bits per heavy atom. The van der Waals surface area contributed by atoms with Crippen LogP contribution >= 0.6 is 0 Å². The SMILES string of the molecule is CCCCC(CC(F)(C(F)(F)F)C(F)(F)F)C1=CC(=O)c2ccccc2C1=O. The van der Waals surface area contributed by atoms with Gasteiger partial charge in [0, 0.05) is 23.1 Å². The average Bonchev–Trinajstić information content (AvgIpc) is 2.59. The third-order valence-electron chi connectivity index (χ3n) is 4.76. The highest BCUT2D eigenvalue weighted by Gasteiger charge is 2.72. The van der Waals surface area contributed by atoms with Crippen LogP contribution in [0.2, 0.25) is 0 Å². The van der Waals surface area contributed by atoms with Gasteiger partial charge >= 0.3 is 12.4 Å². The Labute approximate surface area is 156 Å². The molecule has 154 valence electrons. The summed E-state index contributed by atoms with van der Waals surface area (Å²) in [6.07, 6.45) is -13.4. The number of benzene rings is 1. The van der Waals surface area contributed by atoms with Crippen LogP contribution in [0.5, 0.6) is 0 Å². The lowest BCUT2D eigenvalue weighted by Crippen LogP contribution is -2.54. The van der Waals surface area contributed by atoms with Gasteiger partial charge in [0.15, 0.2) is 11.6 Å². The summed E-state index contributed by atoms with van der Waals surface area (Å²) in [7, 11) is 0. The average molecular weight is 410 g/mol. The summed E-state index contributed by atoms with van der Waals surface area (Å²) in [4.78, 5) is 24.9. The van der Waals surface area contributed by atoms with Crippen molar-refractivity contribution in [2.24, 2.45) is 5.92 Å². The maximum Gasteiger partial charge on any atom is 0.431 e. The van der Waals surface area contributed by atoms with Gasteiger partial charge in [-0.2, -0.15) is 26.3 Å². The van der Waals surface area contributed by atoms with Crippen molar-refractivity contribution in [2.75, 3.05) is 0 Å². The van der Waals surface area contributed by atoms with Crippen molar-refractivity contribution in [2.45, 2.75) is 50.6 Å². The summed E-state index contributed by atoms with van der Waals surface area (Å²) in [5.74, 6) is -3.28. The molecule has 0 saturated carbocycles. The van der Waals surface area contributed by atoms with E-state index in [4.69, 9.17) is 0 Å². The number of unbranched alkanes of at least 4 members (excludes halogenated alkanes) is 1. The third kappa shape index (κ3) is 3.98. The van der Waals surface area contributed by atoms with Crippen molar-refractivity contribution in [1.82, 2.24) is 0 Å². The van der Waals surface area contributed by atoms with Gasteiger partial charge in [-0.3, -0.25) is 9.59 Å². The van der Waals surface area contributed by atoms with Gasteiger partial charge in [-0.05, 0) is 18.4 Å². The van der Waals surface area contributed by atoms with E-state index in [2.05, 4.69) is 0 Å². The third-order valence-corrected chi connectivity index (χ3v) is 4.76. The van der Waals surface area contributed by atoms with Crippen LogP contribution in [-0.2, 0) is 0 Å². The highest BCUT2D eigenvalue weighted by Crippen LogP contribution is 2.51. The van der Waals surface area contributed by atoms with Crippen LogP contribution in [0, 0.1) is 5.92 Å². The van der Waals surface area contributed by atoms with E-state index in [1.165, 1.54) is 24.3 Å². The molecule has 1 unspecified atom stereocenters. The van der Waals surface area contributed by atoms with E-state index in [0.717, 1.165) is 6.08 Å². The van der Waals surface area contributed by atoms with Crippen LogP contribution in [0.1, 0.15) is 53.3 Å². The Morgan fingerprint density at radius 2 is 1.43 bits per heavy atom. The van der Waals surface area contributed by atoms with Gasteiger partial charge in [0.25, 0.3) is 5.67 Å². The number of rotatable bonds is 6. The molecule has 0 radical (unpaired) electrons. The van der Waals surface area contributed by atoms with Gasteiger partial charge in [0.05, 0.1) is 0 Å². The van der Waals surface area contributed by atoms with Crippen LogP contribution in [-0.4, -0.2) is 29.6 Å². The molecule has 0 N–H and O–H groups in total. The second kappa shape index (κ2) is 7.67. The molecule has 1 aliphatic carbocycles. The van der Waals surface area contributed by atoms with E-state index in [1.807, 2.05) is 0 Å². The van der Waals surface area contributed by atoms with Crippen LogP contribution in [0.4, 0.5) is 30.7 Å². The minimum Gasteiger partial charge on any atom is -0.289 e. The first-order chi connectivity index (χ1) is 12.8. The molecule has 2 nitrogen and oxygen atoms in total. The van der Waals surface area contributed by atoms with Crippen LogP contribution in [0.3, 0.4) is 0 Å². The summed E-state index contributed by atoms with van der Waals surface area (Å²) < 4.78 is 92.3. The van der Waals surface area contributed by atoms with Crippen molar-refractivity contribution in [3.63, 3.8) is 0 Å². The molecule has 1 aromatic carbocycles. The zero-order valence-electron chi connectivity index (χ0n) is 14.8. The molecule has 0 aromatic heterocycles. The second-order valence-corrected chi connectivity index (χ2v) is 6.68. The van der Waals surface area contributed by atoms with Gasteiger partial charge in [-0.15, -0.1) is 0 Å². The number of ketones is 2. The highest BCUT2D eigenvalue weighted by atomic mass is 19.4. The van der Waals surface area contributed by atoms with E-state index in [-0.39, 0.29) is 24.0 Å². The first-order valence-electron chi connectivity index (χ1n) is 8.55. The first-order valence-corrected chi connectivity index (χ1v) is 8.55. The summed E-state index contributed by atoms with van der Waals surface area (Å²) in [6.45, 7) is 1.64. The number of allylic oxidation sites excluding steroid dienone is 2. The number of Topliss-reactive ketones (excluding diaryl/α,β-unsaturated/α-hetero) is 1. The van der Waals surface area contributed by atoms with Crippen molar-refractivity contribution in [1.29, 1.82) is 0 Å². The van der Waals surface area contributed by atoms with E-state index >= 15 is 0 Å². The standard InChI is InChI=1S/C19H17F7O2/c1-2-3-6-11(10-17(20,18(21,22)23)19(24,25)26)14-9-15(27)12-7-4-5-8-13(12)16(14)28/h4-5,7-9,11H,2-3,6,10H2,1H3. The second-order valence-electron chi connectivity index (χ2n) is 6.68. The molecule has 9 heteroatoms. The molecule has 0 aliphatic heterocycles. The lowest BCUT2D eigenvalue weighted by molar-refractivity contribution is -0.345. The number of fused-ring (bicyclic) bond motifs is 1. The van der Waals surface area contributed by atoms with Gasteiger partial charge < -0.3 is 0 Å². The van der Waals surface area contributed by atoms with Crippen LogP contribution < -0.4 is 0 Å². The number of hydrogen-bond donors (Lipinski definition) is 0. The number of alkyl halides is 7. The molecule has 1 aliphatic rings. The lowest BCUT2D eigenvalue weighted by atomic mass is 9.76. The fourth-order valence-corrected chi connectivity index (χ4v) is 3.19. The number of halogens is 7. The number of carbonyl (C=O) groups is 2. The lowest BCUT2D eigenvalue weighted by Gasteiger charge is -2.34. The predicted octanol–water partition coefficient (Wildman–Crippen LogP) is 6.02. The summed E-state index contributed by atoms with van der Waals surface area (Å²) in [6, 6.07) is 5.47. The molecule has 28 heavy (non-hydrogen) atoms. The molecule has 0 amide bonds. The predicted molar refractivity (Wildman–Crippen MR) is 86.8 cm³/mol. The van der Waals surface area contributed by atoms with Crippen LogP contribution in [0.25, 0.3) is 0 Å². The monoisotopic (exact) mass is 410 g/mol. The molecular weight excluding hydrogens is 393 g/mol. The Morgan fingerprint density at radius 1 is 0.893 bits per heavy atom. The minimum absolute atomic E-state index is 0.00338. The molecule has 0 heterocycles. The summed E-state index contributed by atoms with van der Waals surface area (Å²) in [5.41, 5.74) is -6.12. The Bertz CT molecular complexity index is 776. The molecule has 0 spiro atoms. The van der Waals surface area contributed by atoms with Gasteiger partial charge in [-0.1, -0.05) is 44.0 Å². The van der Waals surface area contributed by atoms with Crippen molar-refractivity contribution >= 4 is 11.6 Å². The smallest absolute Gasteiger partial charge is 0.289 e. The largest absolute Gasteiger partial charge is 0.431 e. The first kappa shape index (κ1) is 22.1. The zero-order valence-corrected chi connectivity index (χ0v) is 14.8. The molecule has 2 rings (SSSR count). The Kier molecular flexibility index (Phi) is 6.06. The van der Waals surface area contributed by atoms with E-state index < -0.39 is 47.5 Å². The van der Waals surface area contributed by atoms with Gasteiger partial charge in [-0.25, -0.2) is 4.39 Å². The Balaban J connectivity index is 2.50. The van der Waals surface area contributed by atoms with Gasteiger partial charge in [0.2, 0.25) is 0 Å². The fourth-order valence-electron chi connectivity index (χ4n) is 3.19. The quantitative estimate of drug-likeness (QED) is 0.538. The summed E-state index contributed by atoms with van der Waals surface area (Å²) in [5, 5.41) is 0. The molecule has 0 saturated heterocycles. The van der Waals surface area contributed by atoms with Crippen LogP contribution in [0.15, 0.2) is 35.9 Å². The molecular formula is C19H17F7O2. The highest BCUT2D eigenvalue weighted by molar-refractivity contribution is 6.24. The molecule has 0 fully saturated rings.